The number of fused-ring (bicyclic) bond motifs is 2. The number of nitrogens with zero attached hydrogens (tertiary/aromatic N) is 1. The van der Waals surface area contributed by atoms with Gasteiger partial charge in [0.25, 0.3) is 5.91 Å². The Morgan fingerprint density at radius 2 is 1.90 bits per heavy atom. The number of sulfonamides is 1. The number of carbonyl (C=O) groups excluding carboxylic acids is 1. The van der Waals surface area contributed by atoms with Crippen LogP contribution in [0.4, 0.5) is 5.69 Å². The van der Waals surface area contributed by atoms with Gasteiger partial charge in [0.2, 0.25) is 10.0 Å². The molecule has 1 amide bonds. The summed E-state index contributed by atoms with van der Waals surface area (Å²) in [5, 5.41) is 3.09. The lowest BCUT2D eigenvalue weighted by molar-refractivity contribution is -0.128. The SMILES string of the molecule is CC[C@@H](NC(=O)[C@H]1CN(S(C)(=O)=O)c2ccc(C)cc2O1)c1ccc2c(c1)CCCC2. The number of anilines is 1. The minimum atomic E-state index is -3.54. The van der Waals surface area contributed by atoms with Gasteiger partial charge in [-0.1, -0.05) is 31.2 Å². The molecule has 1 N–H and O–H groups in total. The minimum absolute atomic E-state index is 0.0403. The lowest BCUT2D eigenvalue weighted by Gasteiger charge is -2.34. The molecule has 1 aliphatic carbocycles. The predicted octanol–water partition coefficient (Wildman–Crippen LogP) is 3.67. The van der Waals surface area contributed by atoms with Gasteiger partial charge in [0.05, 0.1) is 24.5 Å². The number of carbonyl (C=O) groups is 1. The Morgan fingerprint density at radius 1 is 1.16 bits per heavy atom. The topological polar surface area (TPSA) is 75.7 Å². The summed E-state index contributed by atoms with van der Waals surface area (Å²) in [6.07, 6.45) is 5.62. The van der Waals surface area contributed by atoms with Crippen LogP contribution in [-0.2, 0) is 27.7 Å². The molecular weight excluding hydrogens is 412 g/mol. The highest BCUT2D eigenvalue weighted by Gasteiger charge is 2.35. The molecule has 31 heavy (non-hydrogen) atoms. The molecule has 2 aliphatic rings. The third kappa shape index (κ3) is 4.56. The zero-order valence-corrected chi connectivity index (χ0v) is 19.2. The number of aryl methyl sites for hydroxylation is 3. The number of hydrogen-bond acceptors (Lipinski definition) is 4. The average molecular weight is 443 g/mol. The van der Waals surface area contributed by atoms with Gasteiger partial charge in [-0.25, -0.2) is 8.42 Å². The van der Waals surface area contributed by atoms with Crippen molar-refractivity contribution in [1.82, 2.24) is 5.32 Å². The van der Waals surface area contributed by atoms with Gasteiger partial charge in [0, 0.05) is 0 Å². The van der Waals surface area contributed by atoms with E-state index >= 15 is 0 Å². The Balaban J connectivity index is 1.56. The van der Waals surface area contributed by atoms with E-state index < -0.39 is 16.1 Å². The highest BCUT2D eigenvalue weighted by molar-refractivity contribution is 7.92. The van der Waals surface area contributed by atoms with Crippen LogP contribution in [0, 0.1) is 6.92 Å². The highest BCUT2D eigenvalue weighted by Crippen LogP contribution is 2.36. The maximum absolute atomic E-state index is 13.1. The smallest absolute Gasteiger partial charge is 0.263 e. The molecule has 0 spiro atoms. The monoisotopic (exact) mass is 442 g/mol. The van der Waals surface area contributed by atoms with E-state index in [0.717, 1.165) is 36.6 Å². The van der Waals surface area contributed by atoms with Crippen LogP contribution in [0.5, 0.6) is 5.75 Å². The normalized spacial score (nSPS) is 19.1. The van der Waals surface area contributed by atoms with Crippen molar-refractivity contribution < 1.29 is 17.9 Å². The van der Waals surface area contributed by atoms with Crippen molar-refractivity contribution >= 4 is 21.6 Å². The Bertz CT molecular complexity index is 1100. The van der Waals surface area contributed by atoms with E-state index in [1.807, 2.05) is 19.9 Å². The first-order chi connectivity index (χ1) is 14.8. The van der Waals surface area contributed by atoms with Crippen molar-refractivity contribution in [3.8, 4) is 5.75 Å². The number of benzene rings is 2. The van der Waals surface area contributed by atoms with E-state index in [9.17, 15) is 13.2 Å². The second-order valence-electron chi connectivity index (χ2n) is 8.58. The molecule has 1 aliphatic heterocycles. The zero-order chi connectivity index (χ0) is 22.2. The number of ether oxygens (including phenoxy) is 1. The standard InChI is InChI=1S/C24H30N2O4S/c1-4-20(19-11-10-17-7-5-6-8-18(17)14-19)25-24(27)23-15-26(31(3,28)29)21-12-9-16(2)13-22(21)30-23/h9-14,20,23H,4-8,15H2,1-3H3,(H,25,27)/t20-,23-/m1/s1. The van der Waals surface area contributed by atoms with Gasteiger partial charge in [-0.3, -0.25) is 9.10 Å². The van der Waals surface area contributed by atoms with Crippen molar-refractivity contribution in [2.75, 3.05) is 17.1 Å². The van der Waals surface area contributed by atoms with Crippen LogP contribution in [0.25, 0.3) is 0 Å². The lowest BCUT2D eigenvalue weighted by Crippen LogP contribution is -2.51. The largest absolute Gasteiger partial charge is 0.476 e. The first kappa shape index (κ1) is 21.7. The summed E-state index contributed by atoms with van der Waals surface area (Å²) in [7, 11) is -3.54. The van der Waals surface area contributed by atoms with Crippen molar-refractivity contribution in [2.45, 2.75) is 58.1 Å². The van der Waals surface area contributed by atoms with E-state index in [0.29, 0.717) is 11.4 Å². The van der Waals surface area contributed by atoms with Gasteiger partial charge in [-0.05, 0) is 73.4 Å². The third-order valence-corrected chi connectivity index (χ3v) is 7.32. The van der Waals surface area contributed by atoms with Crippen LogP contribution in [0.15, 0.2) is 36.4 Å². The fourth-order valence-corrected chi connectivity index (χ4v) is 5.38. The molecule has 1 heterocycles. The van der Waals surface area contributed by atoms with Crippen LogP contribution >= 0.6 is 0 Å². The first-order valence-corrected chi connectivity index (χ1v) is 12.8. The van der Waals surface area contributed by atoms with Gasteiger partial charge < -0.3 is 10.1 Å². The van der Waals surface area contributed by atoms with E-state index in [4.69, 9.17) is 4.74 Å². The molecule has 0 bridgehead atoms. The third-order valence-electron chi connectivity index (χ3n) is 6.18. The molecule has 2 aromatic carbocycles. The van der Waals surface area contributed by atoms with Crippen molar-refractivity contribution in [3.63, 3.8) is 0 Å². The number of rotatable bonds is 5. The molecule has 2 aromatic rings. The van der Waals surface area contributed by atoms with E-state index in [1.165, 1.54) is 28.3 Å². The van der Waals surface area contributed by atoms with Gasteiger partial charge >= 0.3 is 0 Å². The molecule has 7 heteroatoms. The zero-order valence-electron chi connectivity index (χ0n) is 18.3. The fraction of sp³-hybridized carbons (Fsp3) is 0.458. The maximum atomic E-state index is 13.1. The highest BCUT2D eigenvalue weighted by atomic mass is 32.2. The summed E-state index contributed by atoms with van der Waals surface area (Å²) in [4.78, 5) is 13.1. The van der Waals surface area contributed by atoms with Crippen LogP contribution in [0.1, 0.15) is 54.5 Å². The molecule has 2 atom stereocenters. The molecule has 166 valence electrons. The number of nitrogens with one attached hydrogen (secondary N) is 1. The Morgan fingerprint density at radius 3 is 2.61 bits per heavy atom. The Labute approximate surface area is 184 Å². The molecular formula is C24H30N2O4S. The van der Waals surface area contributed by atoms with Crippen molar-refractivity contribution in [3.05, 3.63) is 58.7 Å². The van der Waals surface area contributed by atoms with E-state index in [2.05, 4.69) is 23.5 Å². The van der Waals surface area contributed by atoms with Crippen LogP contribution < -0.4 is 14.4 Å². The number of amides is 1. The summed E-state index contributed by atoms with van der Waals surface area (Å²) in [5.41, 5.74) is 5.27. The average Bonchev–Trinajstić information content (AvgIpc) is 2.75. The molecule has 0 fully saturated rings. The van der Waals surface area contributed by atoms with Crippen LogP contribution in [-0.4, -0.2) is 33.2 Å². The second kappa shape index (κ2) is 8.54. The molecule has 0 saturated carbocycles. The van der Waals surface area contributed by atoms with Crippen LogP contribution in [0.2, 0.25) is 0 Å². The predicted molar refractivity (Wildman–Crippen MR) is 122 cm³/mol. The molecule has 0 saturated heterocycles. The molecule has 4 rings (SSSR count). The summed E-state index contributed by atoms with van der Waals surface area (Å²) in [5.74, 6) is 0.115. The van der Waals surface area contributed by atoms with Crippen molar-refractivity contribution in [2.24, 2.45) is 0 Å². The summed E-state index contributed by atoms with van der Waals surface area (Å²) in [6.45, 7) is 3.90. The first-order valence-electron chi connectivity index (χ1n) is 10.9. The van der Waals surface area contributed by atoms with E-state index in [1.54, 1.807) is 12.1 Å². The molecule has 0 radical (unpaired) electrons. The lowest BCUT2D eigenvalue weighted by atomic mass is 9.88. The summed E-state index contributed by atoms with van der Waals surface area (Å²) in [6, 6.07) is 11.7. The molecule has 0 unspecified atom stereocenters. The Kier molecular flexibility index (Phi) is 5.97. The molecule has 6 nitrogen and oxygen atoms in total. The van der Waals surface area contributed by atoms with Crippen LogP contribution in [0.3, 0.4) is 0 Å². The fourth-order valence-electron chi connectivity index (χ4n) is 4.47. The maximum Gasteiger partial charge on any atom is 0.263 e. The van der Waals surface area contributed by atoms with Crippen molar-refractivity contribution in [1.29, 1.82) is 0 Å². The molecule has 0 aromatic heterocycles. The number of hydrogen-bond donors (Lipinski definition) is 1. The summed E-state index contributed by atoms with van der Waals surface area (Å²) >= 11 is 0. The van der Waals surface area contributed by atoms with E-state index in [-0.39, 0.29) is 18.5 Å². The van der Waals surface area contributed by atoms with Gasteiger partial charge in [-0.2, -0.15) is 0 Å². The summed E-state index contributed by atoms with van der Waals surface area (Å²) < 4.78 is 32.0. The quantitative estimate of drug-likeness (QED) is 0.767. The van der Waals surface area contributed by atoms with Gasteiger partial charge in [-0.15, -0.1) is 0 Å². The Hall–Kier alpha value is -2.54. The van der Waals surface area contributed by atoms with Gasteiger partial charge in [0.15, 0.2) is 6.10 Å². The minimum Gasteiger partial charge on any atom is -0.476 e. The second-order valence-corrected chi connectivity index (χ2v) is 10.5. The van der Waals surface area contributed by atoms with Gasteiger partial charge in [0.1, 0.15) is 5.75 Å².